The average Bonchev–Trinajstić information content (AvgIpc) is 1.65. The number of nitrogens with one attached hydrogen (secondary N) is 3. The zero-order valence-corrected chi connectivity index (χ0v) is 61.4. The number of aliphatic hydroxyl groups is 4. The van der Waals surface area contributed by atoms with Crippen LogP contribution in [0.15, 0.2) is 0 Å². The molecular weight excluding hydrogens is 1320 g/mol. The molecule has 22 heteroatoms. The van der Waals surface area contributed by atoms with E-state index in [-0.39, 0.29) is 96.2 Å². The third-order valence-electron chi connectivity index (χ3n) is 26.8. The molecule has 0 aromatic carbocycles. The maximum atomic E-state index is 12.3. The van der Waals surface area contributed by atoms with Crippen molar-refractivity contribution in [2.24, 2.45) is 82.9 Å². The van der Waals surface area contributed by atoms with Crippen LogP contribution in [0.25, 0.3) is 0 Å². The number of ketones is 2. The van der Waals surface area contributed by atoms with Crippen LogP contribution in [-0.4, -0.2) is 181 Å². The van der Waals surface area contributed by atoms with Crippen molar-refractivity contribution in [2.45, 2.75) is 316 Å². The minimum absolute atomic E-state index is 0. The summed E-state index contributed by atoms with van der Waals surface area (Å²) in [6.07, 6.45) is 23.6. The number of Topliss-reactive ketones (excluding diaryl/α,β-unsaturated/α-hetero) is 2. The van der Waals surface area contributed by atoms with Crippen molar-refractivity contribution in [3.05, 3.63) is 0 Å². The fourth-order valence-electron chi connectivity index (χ4n) is 20.7. The number of fused-ring (bicyclic) bond motifs is 5. The topological polar surface area (TPSA) is 302 Å². The number of likely N-dealkylation sites (tertiary alicyclic amines) is 3. The molecule has 7 unspecified atom stereocenters. The van der Waals surface area contributed by atoms with Crippen molar-refractivity contribution in [2.75, 3.05) is 52.5 Å². The molecule has 578 valence electrons. The van der Waals surface area contributed by atoms with Gasteiger partial charge in [-0.3, -0.25) is 24.0 Å². The van der Waals surface area contributed by atoms with E-state index < -0.39 is 22.4 Å². The molecule has 20 nitrogen and oxygen atoms in total. The number of carbonyl (C=O) groups is 5. The lowest BCUT2D eigenvalue weighted by molar-refractivity contribution is -0.156. The first-order chi connectivity index (χ1) is 45.1. The summed E-state index contributed by atoms with van der Waals surface area (Å²) in [5.74, 6) is 7.63. The molecular formula is C79H137Cl2N9O11. The Balaban J connectivity index is 0.000000269. The molecule has 0 aromatic rings. The van der Waals surface area contributed by atoms with Gasteiger partial charge in [0, 0.05) is 76.3 Å². The predicted molar refractivity (Wildman–Crippen MR) is 399 cm³/mol. The molecule has 4 saturated heterocycles. The second kappa shape index (κ2) is 37.8. The summed E-state index contributed by atoms with van der Waals surface area (Å²) in [5.41, 5.74) is -1.92. The average molecular weight is 1460 g/mol. The Morgan fingerprint density at radius 1 is 0.416 bits per heavy atom. The first-order valence-electron chi connectivity index (χ1n) is 37.5. The Kier molecular flexibility index (Phi) is 33.6. The van der Waals surface area contributed by atoms with Crippen molar-refractivity contribution in [1.82, 2.24) is 30.7 Å². The van der Waals surface area contributed by atoms with E-state index in [4.69, 9.17) is 25.3 Å². The molecule has 101 heavy (non-hydrogen) atoms. The molecule has 0 radical (unpaired) electrons. The number of hydrogen-bond acceptors (Lipinski definition) is 17. The standard InChI is InChI=1S/3C18H29N3O2.C11H18O2.C10H14O3.4CH4.2ClH/c3*1-12(2)18(23)8-13-6-15(7-14(13)9-18)20-11-17(22)21-5-3-4-16(21)10-19;1-7(2)11(13)5-8-3-10(12)4-9(8)6-11;11-9-3-7-5-10(6-8(7)4-9)12-1-2-13-10;;;;;;/h3*12-16,20,23H,3-9,11H2,1-2H3;7-9,13H,3-6H2,1-2H3;7-8H,1-6H2;4*1H4;2*1H/t3*13-,14+,15?,16-,18?;8-,9+,11?;7-,8+;;;;;;/m000......../s1. The summed E-state index contributed by atoms with van der Waals surface area (Å²) >= 11 is 0. The van der Waals surface area contributed by atoms with Gasteiger partial charge in [-0.1, -0.05) is 85.1 Å². The molecule has 10 aliphatic carbocycles. The molecule has 0 aromatic heterocycles. The number of halogens is 2. The van der Waals surface area contributed by atoms with E-state index in [1.54, 1.807) is 14.7 Å². The van der Waals surface area contributed by atoms with Gasteiger partial charge in [-0.05, 0) is 211 Å². The Bertz CT molecular complexity index is 2510. The first-order valence-corrected chi connectivity index (χ1v) is 37.5. The van der Waals surface area contributed by atoms with Gasteiger partial charge in [0.25, 0.3) is 0 Å². The Morgan fingerprint density at radius 2 is 0.634 bits per heavy atom. The molecule has 4 aliphatic heterocycles. The number of ether oxygens (including phenoxy) is 2. The highest BCUT2D eigenvalue weighted by Crippen LogP contribution is 2.55. The number of amides is 3. The van der Waals surface area contributed by atoms with Crippen LogP contribution in [0.2, 0.25) is 0 Å². The van der Waals surface area contributed by atoms with Gasteiger partial charge in [0.2, 0.25) is 17.7 Å². The van der Waals surface area contributed by atoms with Crippen LogP contribution in [0.1, 0.15) is 252 Å². The van der Waals surface area contributed by atoms with Gasteiger partial charge in [0.05, 0.1) is 73.5 Å². The molecule has 14 rings (SSSR count). The lowest BCUT2D eigenvalue weighted by Gasteiger charge is -2.29. The highest BCUT2D eigenvalue weighted by Gasteiger charge is 2.55. The minimum atomic E-state index is -0.480. The maximum Gasteiger partial charge on any atom is 0.237 e. The molecule has 3 amide bonds. The van der Waals surface area contributed by atoms with E-state index in [2.05, 4.69) is 89.5 Å². The third-order valence-corrected chi connectivity index (χ3v) is 26.8. The van der Waals surface area contributed by atoms with Crippen molar-refractivity contribution in [3.63, 3.8) is 0 Å². The molecule has 14 aliphatic rings. The van der Waals surface area contributed by atoms with Crippen LogP contribution in [0.5, 0.6) is 0 Å². The Labute approximate surface area is 621 Å². The van der Waals surface area contributed by atoms with Gasteiger partial charge in [0.1, 0.15) is 29.7 Å². The van der Waals surface area contributed by atoms with Gasteiger partial charge in [-0.15, -0.1) is 24.8 Å². The monoisotopic (exact) mass is 1460 g/mol. The van der Waals surface area contributed by atoms with Crippen molar-refractivity contribution >= 4 is 54.1 Å². The lowest BCUT2D eigenvalue weighted by Crippen LogP contribution is -2.43. The lowest BCUT2D eigenvalue weighted by atomic mass is 9.86. The molecule has 20 atom stereocenters. The van der Waals surface area contributed by atoms with Crippen molar-refractivity contribution in [3.8, 4) is 18.2 Å². The number of carbonyl (C=O) groups excluding carboxylic acids is 5. The summed E-state index contributed by atoms with van der Waals surface area (Å²) in [7, 11) is 0. The second-order valence-electron chi connectivity index (χ2n) is 33.9. The van der Waals surface area contributed by atoms with E-state index in [0.717, 1.165) is 200 Å². The highest BCUT2D eigenvalue weighted by molar-refractivity contribution is 5.86. The number of hydrogen-bond donors (Lipinski definition) is 7. The van der Waals surface area contributed by atoms with E-state index in [0.29, 0.717) is 132 Å². The molecule has 10 saturated carbocycles. The van der Waals surface area contributed by atoms with Gasteiger partial charge in [-0.2, -0.15) is 15.8 Å². The van der Waals surface area contributed by atoms with Crippen LogP contribution in [0.3, 0.4) is 0 Å². The fraction of sp³-hybridized carbons (Fsp3) is 0.899. The summed E-state index contributed by atoms with van der Waals surface area (Å²) in [6.45, 7) is 21.4. The van der Waals surface area contributed by atoms with E-state index >= 15 is 0 Å². The van der Waals surface area contributed by atoms with Crippen LogP contribution in [0.4, 0.5) is 0 Å². The second-order valence-corrected chi connectivity index (χ2v) is 33.9. The van der Waals surface area contributed by atoms with Crippen molar-refractivity contribution < 1.29 is 53.9 Å². The van der Waals surface area contributed by atoms with Crippen LogP contribution >= 0.6 is 24.8 Å². The highest BCUT2D eigenvalue weighted by atomic mass is 35.5. The fourth-order valence-corrected chi connectivity index (χ4v) is 20.7. The zero-order valence-electron chi connectivity index (χ0n) is 59.7. The smallest absolute Gasteiger partial charge is 0.237 e. The first kappa shape index (κ1) is 89.8. The molecule has 0 bridgehead atoms. The minimum Gasteiger partial charge on any atom is -0.390 e. The van der Waals surface area contributed by atoms with Crippen LogP contribution in [0, 0.1) is 117 Å². The maximum absolute atomic E-state index is 12.3. The van der Waals surface area contributed by atoms with E-state index in [9.17, 15) is 44.4 Å². The van der Waals surface area contributed by atoms with Crippen LogP contribution < -0.4 is 16.0 Å². The molecule has 4 heterocycles. The third kappa shape index (κ3) is 21.0. The predicted octanol–water partition coefficient (Wildman–Crippen LogP) is 11.3. The normalized spacial score (nSPS) is 38.2. The molecule has 14 fully saturated rings. The van der Waals surface area contributed by atoms with Crippen LogP contribution in [-0.2, 0) is 33.4 Å². The zero-order chi connectivity index (χ0) is 68.4. The number of rotatable bonds is 13. The van der Waals surface area contributed by atoms with Gasteiger partial charge in [0.15, 0.2) is 5.79 Å². The Hall–Kier alpha value is -3.56. The summed E-state index contributed by atoms with van der Waals surface area (Å²) < 4.78 is 11.3. The quantitative estimate of drug-likeness (QED) is 0.0901. The SMILES string of the molecule is C.C.C.C.CC(C)C1(O)C[C@H]2CC(=O)C[C@H]2C1.CC(C)C1(O)C[C@H]2CC(NCC(=O)N3CCC[C@H]3C#N)C[C@H]2C1.CC(C)C1(O)C[C@H]2CC(NCC(=O)N3CCC[C@H]3C#N)C[C@H]2C1.CC(C)C1(O)C[C@H]2CC(NCC(=O)N3CCC[C@H]3C#N)C[C@H]2C1.Cl.Cl.O=C1C[C@@H]2CC3(C[C@@H]2C1)OCCO3. The van der Waals surface area contributed by atoms with Gasteiger partial charge in [-0.25, -0.2) is 0 Å². The number of nitrogens with zero attached hydrogens (tertiary/aromatic N) is 6. The summed E-state index contributed by atoms with van der Waals surface area (Å²) in [5, 5.41) is 79.7. The molecule has 7 N–H and O–H groups in total. The summed E-state index contributed by atoms with van der Waals surface area (Å²) in [6, 6.07) is 7.14. The Morgan fingerprint density at radius 3 is 0.851 bits per heavy atom. The van der Waals surface area contributed by atoms with Gasteiger partial charge >= 0.3 is 0 Å². The molecule has 1 spiro atoms. The van der Waals surface area contributed by atoms with E-state index in [1.807, 2.05) is 0 Å². The van der Waals surface area contributed by atoms with Gasteiger partial charge < -0.3 is 60.5 Å². The largest absolute Gasteiger partial charge is 0.390 e. The van der Waals surface area contributed by atoms with E-state index in [1.165, 1.54) is 0 Å². The van der Waals surface area contributed by atoms with Crippen molar-refractivity contribution in [1.29, 1.82) is 15.8 Å². The number of nitriles is 3. The summed E-state index contributed by atoms with van der Waals surface area (Å²) in [4.78, 5) is 64.3.